The molecule has 0 unspecified atom stereocenters. The molecule has 0 aromatic heterocycles. The first-order valence-electron chi connectivity index (χ1n) is 10.0. The molecule has 1 aromatic rings. The Morgan fingerprint density at radius 1 is 1.04 bits per heavy atom. The fourth-order valence-corrected chi connectivity index (χ4v) is 3.98. The van der Waals surface area contributed by atoms with Crippen molar-refractivity contribution in [3.63, 3.8) is 0 Å². The maximum Gasteiger partial charge on any atom is 0.409 e. The maximum absolute atomic E-state index is 12.8. The molecule has 148 valence electrons. The second-order valence-electron chi connectivity index (χ2n) is 7.55. The van der Waals surface area contributed by atoms with Gasteiger partial charge in [-0.3, -0.25) is 9.69 Å². The summed E-state index contributed by atoms with van der Waals surface area (Å²) in [6.45, 7) is 9.92. The summed E-state index contributed by atoms with van der Waals surface area (Å²) in [4.78, 5) is 30.8. The predicted molar refractivity (Wildman–Crippen MR) is 104 cm³/mol. The molecule has 27 heavy (non-hydrogen) atoms. The van der Waals surface area contributed by atoms with Crippen molar-refractivity contribution in [3.05, 3.63) is 35.4 Å². The van der Waals surface area contributed by atoms with Gasteiger partial charge in [-0.25, -0.2) is 4.79 Å². The van der Waals surface area contributed by atoms with E-state index in [1.807, 2.05) is 11.8 Å². The minimum atomic E-state index is -0.256. The van der Waals surface area contributed by atoms with Crippen LogP contribution in [0.5, 0.6) is 0 Å². The van der Waals surface area contributed by atoms with Gasteiger partial charge >= 0.3 is 6.09 Å². The summed E-state index contributed by atoms with van der Waals surface area (Å²) < 4.78 is 5.05. The van der Waals surface area contributed by atoms with Gasteiger partial charge in [0.25, 0.3) is 0 Å². The van der Waals surface area contributed by atoms with Gasteiger partial charge in [-0.2, -0.15) is 0 Å². The molecule has 2 aliphatic rings. The molecule has 2 fully saturated rings. The van der Waals surface area contributed by atoms with Gasteiger partial charge in [0.2, 0.25) is 5.91 Å². The lowest BCUT2D eigenvalue weighted by atomic mass is 9.95. The van der Waals surface area contributed by atoms with Gasteiger partial charge < -0.3 is 14.5 Å². The molecule has 0 saturated carbocycles. The highest BCUT2D eigenvalue weighted by Crippen LogP contribution is 2.21. The van der Waals surface area contributed by atoms with Crippen LogP contribution >= 0.6 is 0 Å². The molecular formula is C21H31N3O3. The standard InChI is InChI=1S/C21H31N3O3/c1-3-27-21(26)24-9-7-19(8-10-24)20(25)23-13-11-22(12-14-23)16-18-6-4-5-17(2)15-18/h4-6,15,19H,3,7-14,16H2,1-2H3. The van der Waals surface area contributed by atoms with Crippen LogP contribution in [0, 0.1) is 12.8 Å². The first-order valence-corrected chi connectivity index (χ1v) is 10.0. The zero-order chi connectivity index (χ0) is 19.2. The van der Waals surface area contributed by atoms with E-state index in [1.54, 1.807) is 4.90 Å². The molecule has 2 amide bonds. The number of nitrogens with zero attached hydrogens (tertiary/aromatic N) is 3. The number of likely N-dealkylation sites (tertiary alicyclic amines) is 1. The third-order valence-electron chi connectivity index (χ3n) is 5.54. The average molecular weight is 373 g/mol. The fourth-order valence-electron chi connectivity index (χ4n) is 3.98. The quantitative estimate of drug-likeness (QED) is 0.814. The molecule has 0 atom stereocenters. The highest BCUT2D eigenvalue weighted by molar-refractivity contribution is 5.79. The normalized spacial score (nSPS) is 19.2. The zero-order valence-corrected chi connectivity index (χ0v) is 16.5. The Bertz CT molecular complexity index is 648. The van der Waals surface area contributed by atoms with Crippen molar-refractivity contribution in [3.8, 4) is 0 Å². The van der Waals surface area contributed by atoms with E-state index in [0.29, 0.717) is 19.7 Å². The average Bonchev–Trinajstić information content (AvgIpc) is 2.68. The Morgan fingerprint density at radius 3 is 2.37 bits per heavy atom. The molecular weight excluding hydrogens is 342 g/mol. The molecule has 2 aliphatic heterocycles. The Balaban J connectivity index is 1.43. The molecule has 3 rings (SSSR count). The SMILES string of the molecule is CCOC(=O)N1CCC(C(=O)N2CCN(Cc3cccc(C)c3)CC2)CC1. The molecule has 2 saturated heterocycles. The number of hydrogen-bond donors (Lipinski definition) is 0. The molecule has 6 nitrogen and oxygen atoms in total. The third-order valence-corrected chi connectivity index (χ3v) is 5.54. The van der Waals surface area contributed by atoms with Crippen LogP contribution in [0.3, 0.4) is 0 Å². The maximum atomic E-state index is 12.8. The van der Waals surface area contributed by atoms with Crippen LogP contribution in [0.15, 0.2) is 24.3 Å². The van der Waals surface area contributed by atoms with E-state index in [0.717, 1.165) is 45.6 Å². The van der Waals surface area contributed by atoms with E-state index in [-0.39, 0.29) is 17.9 Å². The Morgan fingerprint density at radius 2 is 1.74 bits per heavy atom. The van der Waals surface area contributed by atoms with Crippen LogP contribution < -0.4 is 0 Å². The van der Waals surface area contributed by atoms with Gasteiger partial charge in [0.05, 0.1) is 6.61 Å². The smallest absolute Gasteiger partial charge is 0.409 e. The highest BCUT2D eigenvalue weighted by Gasteiger charge is 2.32. The summed E-state index contributed by atoms with van der Waals surface area (Å²) in [5, 5.41) is 0. The third kappa shape index (κ3) is 5.22. The molecule has 0 aliphatic carbocycles. The lowest BCUT2D eigenvalue weighted by Crippen LogP contribution is -2.51. The zero-order valence-electron chi connectivity index (χ0n) is 16.5. The number of ether oxygens (including phenoxy) is 1. The van der Waals surface area contributed by atoms with Gasteiger partial charge in [0.1, 0.15) is 0 Å². The highest BCUT2D eigenvalue weighted by atomic mass is 16.6. The van der Waals surface area contributed by atoms with Crippen molar-refractivity contribution in [1.29, 1.82) is 0 Å². The number of benzene rings is 1. The second kappa shape index (κ2) is 9.22. The van der Waals surface area contributed by atoms with E-state index in [2.05, 4.69) is 36.1 Å². The number of piperidine rings is 1. The van der Waals surface area contributed by atoms with Crippen LogP contribution in [0.1, 0.15) is 30.9 Å². The minimum absolute atomic E-state index is 0.0407. The van der Waals surface area contributed by atoms with Crippen molar-refractivity contribution in [1.82, 2.24) is 14.7 Å². The van der Waals surface area contributed by atoms with Gasteiger partial charge in [-0.1, -0.05) is 29.8 Å². The molecule has 0 spiro atoms. The van der Waals surface area contributed by atoms with Crippen molar-refractivity contribution < 1.29 is 14.3 Å². The summed E-state index contributed by atoms with van der Waals surface area (Å²) >= 11 is 0. The molecule has 0 bridgehead atoms. The van der Waals surface area contributed by atoms with Gasteiger partial charge in [-0.15, -0.1) is 0 Å². The van der Waals surface area contributed by atoms with E-state index in [1.165, 1.54) is 11.1 Å². The number of amides is 2. The number of hydrogen-bond acceptors (Lipinski definition) is 4. The van der Waals surface area contributed by atoms with Crippen molar-refractivity contribution in [2.24, 2.45) is 5.92 Å². The van der Waals surface area contributed by atoms with Crippen LogP contribution in [0.4, 0.5) is 4.79 Å². The van der Waals surface area contributed by atoms with Gasteiger partial charge in [0, 0.05) is 51.7 Å². The van der Waals surface area contributed by atoms with E-state index in [4.69, 9.17) is 4.74 Å². The van der Waals surface area contributed by atoms with Crippen LogP contribution in [0.2, 0.25) is 0 Å². The number of rotatable bonds is 4. The van der Waals surface area contributed by atoms with E-state index < -0.39 is 0 Å². The fraction of sp³-hybridized carbons (Fsp3) is 0.619. The largest absolute Gasteiger partial charge is 0.450 e. The molecule has 0 radical (unpaired) electrons. The minimum Gasteiger partial charge on any atom is -0.450 e. The number of piperazine rings is 1. The summed E-state index contributed by atoms with van der Waals surface area (Å²) in [7, 11) is 0. The summed E-state index contributed by atoms with van der Waals surface area (Å²) in [5.41, 5.74) is 2.62. The van der Waals surface area contributed by atoms with Gasteiger partial charge in [-0.05, 0) is 32.3 Å². The summed E-state index contributed by atoms with van der Waals surface area (Å²) in [5.74, 6) is 0.299. The predicted octanol–water partition coefficient (Wildman–Crippen LogP) is 2.51. The first kappa shape index (κ1) is 19.7. The molecule has 1 aromatic carbocycles. The Labute approximate surface area is 162 Å². The Kier molecular flexibility index (Phi) is 6.72. The molecule has 2 heterocycles. The van der Waals surface area contributed by atoms with Gasteiger partial charge in [0.15, 0.2) is 0 Å². The van der Waals surface area contributed by atoms with Crippen LogP contribution in [0.25, 0.3) is 0 Å². The van der Waals surface area contributed by atoms with Crippen molar-refractivity contribution in [2.45, 2.75) is 33.2 Å². The topological polar surface area (TPSA) is 53.1 Å². The molecule has 6 heteroatoms. The first-order chi connectivity index (χ1) is 13.1. The summed E-state index contributed by atoms with van der Waals surface area (Å²) in [6, 6.07) is 8.62. The lowest BCUT2D eigenvalue weighted by molar-refractivity contribution is -0.138. The van der Waals surface area contributed by atoms with Crippen molar-refractivity contribution >= 4 is 12.0 Å². The van der Waals surface area contributed by atoms with Crippen molar-refractivity contribution in [2.75, 3.05) is 45.9 Å². The van der Waals surface area contributed by atoms with Crippen LogP contribution in [-0.4, -0.2) is 72.6 Å². The van der Waals surface area contributed by atoms with E-state index in [9.17, 15) is 9.59 Å². The second-order valence-corrected chi connectivity index (χ2v) is 7.55. The summed E-state index contributed by atoms with van der Waals surface area (Å²) in [6.07, 6.45) is 1.22. The van der Waals surface area contributed by atoms with Crippen LogP contribution in [-0.2, 0) is 16.1 Å². The van der Waals surface area contributed by atoms with E-state index >= 15 is 0 Å². The number of carbonyl (C=O) groups is 2. The lowest BCUT2D eigenvalue weighted by Gasteiger charge is -2.38. The number of aryl methyl sites for hydroxylation is 1. The molecule has 0 N–H and O–H groups in total. The monoisotopic (exact) mass is 373 g/mol. The number of carbonyl (C=O) groups excluding carboxylic acids is 2. The Hall–Kier alpha value is -2.08.